The molecule has 138 valence electrons. The molecule has 7 nitrogen and oxygen atoms in total. The van der Waals surface area contributed by atoms with Crippen molar-refractivity contribution in [3.05, 3.63) is 0 Å². The molecule has 7 heteroatoms. The fourth-order valence-electron chi connectivity index (χ4n) is 1.73. The van der Waals surface area contributed by atoms with Crippen molar-refractivity contribution in [2.45, 2.75) is 32.6 Å². The fraction of sp³-hybridized carbons (Fsp3) is 0.938. The zero-order chi connectivity index (χ0) is 17.0. The van der Waals surface area contributed by atoms with Crippen LogP contribution in [-0.2, 0) is 23.7 Å². The summed E-state index contributed by atoms with van der Waals surface area (Å²) in [6.07, 6.45) is 3.43. The second-order valence-electron chi connectivity index (χ2n) is 4.98. The van der Waals surface area contributed by atoms with Crippen LogP contribution in [0.25, 0.3) is 0 Å². The SMILES string of the molecule is CCOCCOCCOCCOCCC(=O)NCCCCCN. The van der Waals surface area contributed by atoms with Gasteiger partial charge in [0, 0.05) is 19.6 Å². The molecule has 23 heavy (non-hydrogen) atoms. The van der Waals surface area contributed by atoms with Gasteiger partial charge in [0.1, 0.15) is 0 Å². The minimum absolute atomic E-state index is 0.0290. The van der Waals surface area contributed by atoms with Crippen LogP contribution in [0.4, 0.5) is 0 Å². The van der Waals surface area contributed by atoms with Crippen molar-refractivity contribution in [3.63, 3.8) is 0 Å². The number of unbranched alkanes of at least 4 members (excludes halogenated alkanes) is 2. The van der Waals surface area contributed by atoms with E-state index in [1.807, 2.05) is 6.92 Å². The lowest BCUT2D eigenvalue weighted by Gasteiger charge is -2.07. The van der Waals surface area contributed by atoms with Gasteiger partial charge in [0.25, 0.3) is 0 Å². The summed E-state index contributed by atoms with van der Waals surface area (Å²) < 4.78 is 21.1. The average molecular weight is 334 g/mol. The molecule has 0 aromatic heterocycles. The summed E-state index contributed by atoms with van der Waals surface area (Å²) in [5.74, 6) is 0.0290. The highest BCUT2D eigenvalue weighted by atomic mass is 16.6. The zero-order valence-electron chi connectivity index (χ0n) is 14.5. The van der Waals surface area contributed by atoms with Gasteiger partial charge in [-0.05, 0) is 26.3 Å². The van der Waals surface area contributed by atoms with Crippen LogP contribution in [0.3, 0.4) is 0 Å². The Morgan fingerprint density at radius 1 is 0.826 bits per heavy atom. The van der Waals surface area contributed by atoms with E-state index < -0.39 is 0 Å². The Bertz CT molecular complexity index is 255. The summed E-state index contributed by atoms with van der Waals surface area (Å²) in [4.78, 5) is 11.5. The van der Waals surface area contributed by atoms with Gasteiger partial charge in [-0.25, -0.2) is 0 Å². The monoisotopic (exact) mass is 334 g/mol. The molecular formula is C16H34N2O5. The molecule has 0 aliphatic carbocycles. The predicted octanol–water partition coefficient (Wildman–Crippen LogP) is 0.708. The first-order valence-corrected chi connectivity index (χ1v) is 8.59. The lowest BCUT2D eigenvalue weighted by molar-refractivity contribution is -0.122. The van der Waals surface area contributed by atoms with Crippen LogP contribution in [0, 0.1) is 0 Å². The van der Waals surface area contributed by atoms with Crippen molar-refractivity contribution in [1.29, 1.82) is 0 Å². The highest BCUT2D eigenvalue weighted by Gasteiger charge is 2.00. The van der Waals surface area contributed by atoms with Gasteiger partial charge in [0.05, 0.1) is 46.2 Å². The Hall–Kier alpha value is -0.730. The molecule has 1 amide bonds. The number of nitrogens with one attached hydrogen (secondary N) is 1. The Balaban J connectivity index is 3.10. The molecule has 0 saturated carbocycles. The molecule has 0 aliphatic rings. The Kier molecular flexibility index (Phi) is 18.7. The molecule has 0 rings (SSSR count). The maximum absolute atomic E-state index is 11.5. The van der Waals surface area contributed by atoms with E-state index in [0.29, 0.717) is 72.4 Å². The van der Waals surface area contributed by atoms with E-state index in [9.17, 15) is 4.79 Å². The largest absolute Gasteiger partial charge is 0.379 e. The van der Waals surface area contributed by atoms with Crippen molar-refractivity contribution >= 4 is 5.91 Å². The molecule has 3 N–H and O–H groups in total. The molecule has 0 heterocycles. The number of ether oxygens (including phenoxy) is 4. The van der Waals surface area contributed by atoms with Crippen LogP contribution in [0.1, 0.15) is 32.6 Å². The Labute approximate surface area is 140 Å². The van der Waals surface area contributed by atoms with Gasteiger partial charge in [-0.15, -0.1) is 0 Å². The van der Waals surface area contributed by atoms with E-state index in [0.717, 1.165) is 19.3 Å². The molecular weight excluding hydrogens is 300 g/mol. The van der Waals surface area contributed by atoms with Crippen LogP contribution in [0.2, 0.25) is 0 Å². The number of rotatable bonds is 18. The minimum atomic E-state index is 0.0290. The third-order valence-electron chi connectivity index (χ3n) is 3.00. The second kappa shape index (κ2) is 19.3. The molecule has 0 aliphatic heterocycles. The standard InChI is InChI=1S/C16H34N2O5/c1-2-20-10-11-22-14-15-23-13-12-21-9-6-16(19)18-8-5-3-4-7-17/h2-15,17H2,1H3,(H,18,19). The van der Waals surface area contributed by atoms with Gasteiger partial charge >= 0.3 is 0 Å². The number of amides is 1. The van der Waals surface area contributed by atoms with Crippen LogP contribution in [0.15, 0.2) is 0 Å². The van der Waals surface area contributed by atoms with Crippen LogP contribution >= 0.6 is 0 Å². The van der Waals surface area contributed by atoms with Crippen molar-refractivity contribution in [1.82, 2.24) is 5.32 Å². The lowest BCUT2D eigenvalue weighted by atomic mass is 10.2. The molecule has 0 fully saturated rings. The summed E-state index contributed by atoms with van der Waals surface area (Å²) in [7, 11) is 0. The summed E-state index contributed by atoms with van der Waals surface area (Å²) in [6.45, 7) is 7.82. The van der Waals surface area contributed by atoms with Gasteiger partial charge in [-0.2, -0.15) is 0 Å². The second-order valence-corrected chi connectivity index (χ2v) is 4.98. The van der Waals surface area contributed by atoms with Gasteiger partial charge in [-0.3, -0.25) is 4.79 Å². The normalized spacial score (nSPS) is 10.9. The molecule has 0 saturated heterocycles. The molecule has 0 bridgehead atoms. The predicted molar refractivity (Wildman–Crippen MR) is 89.5 cm³/mol. The smallest absolute Gasteiger partial charge is 0.222 e. The molecule has 0 aromatic carbocycles. The topological polar surface area (TPSA) is 92.0 Å². The highest BCUT2D eigenvalue weighted by Crippen LogP contribution is 1.92. The molecule has 0 unspecified atom stereocenters. The van der Waals surface area contributed by atoms with Gasteiger partial charge in [0.2, 0.25) is 5.91 Å². The first-order chi connectivity index (χ1) is 11.3. The highest BCUT2D eigenvalue weighted by molar-refractivity contribution is 5.75. The number of hydrogen-bond acceptors (Lipinski definition) is 6. The van der Waals surface area contributed by atoms with Gasteiger partial charge < -0.3 is 30.0 Å². The number of nitrogens with two attached hydrogens (primary N) is 1. The number of carbonyl (C=O) groups excluding carboxylic acids is 1. The average Bonchev–Trinajstić information content (AvgIpc) is 2.55. The van der Waals surface area contributed by atoms with Crippen LogP contribution < -0.4 is 11.1 Å². The van der Waals surface area contributed by atoms with Crippen molar-refractivity contribution < 1.29 is 23.7 Å². The summed E-state index contributed by atoms with van der Waals surface area (Å²) >= 11 is 0. The van der Waals surface area contributed by atoms with E-state index in [-0.39, 0.29) is 5.91 Å². The minimum Gasteiger partial charge on any atom is -0.379 e. The van der Waals surface area contributed by atoms with E-state index in [4.69, 9.17) is 24.7 Å². The first-order valence-electron chi connectivity index (χ1n) is 8.59. The Morgan fingerprint density at radius 2 is 1.39 bits per heavy atom. The fourth-order valence-corrected chi connectivity index (χ4v) is 1.73. The van der Waals surface area contributed by atoms with E-state index in [2.05, 4.69) is 5.32 Å². The molecule has 0 aromatic rings. The van der Waals surface area contributed by atoms with Gasteiger partial charge in [0.15, 0.2) is 0 Å². The Morgan fingerprint density at radius 3 is 1.96 bits per heavy atom. The van der Waals surface area contributed by atoms with Crippen molar-refractivity contribution in [2.24, 2.45) is 5.73 Å². The van der Waals surface area contributed by atoms with E-state index in [1.165, 1.54) is 0 Å². The van der Waals surface area contributed by atoms with Crippen molar-refractivity contribution in [3.8, 4) is 0 Å². The summed E-state index contributed by atoms with van der Waals surface area (Å²) in [5, 5.41) is 2.86. The zero-order valence-corrected chi connectivity index (χ0v) is 14.5. The molecule has 0 radical (unpaired) electrons. The maximum Gasteiger partial charge on any atom is 0.222 e. The third kappa shape index (κ3) is 19.2. The molecule has 0 spiro atoms. The van der Waals surface area contributed by atoms with E-state index >= 15 is 0 Å². The van der Waals surface area contributed by atoms with Crippen molar-refractivity contribution in [2.75, 3.05) is 65.9 Å². The number of hydrogen-bond donors (Lipinski definition) is 2. The quantitative estimate of drug-likeness (QED) is 0.359. The maximum atomic E-state index is 11.5. The lowest BCUT2D eigenvalue weighted by Crippen LogP contribution is -2.25. The van der Waals surface area contributed by atoms with Gasteiger partial charge in [-0.1, -0.05) is 6.42 Å². The third-order valence-corrected chi connectivity index (χ3v) is 3.00. The van der Waals surface area contributed by atoms with Crippen LogP contribution in [-0.4, -0.2) is 71.9 Å². The molecule has 0 atom stereocenters. The van der Waals surface area contributed by atoms with E-state index in [1.54, 1.807) is 0 Å². The van der Waals surface area contributed by atoms with Crippen LogP contribution in [0.5, 0.6) is 0 Å². The number of carbonyl (C=O) groups is 1. The summed E-state index contributed by atoms with van der Waals surface area (Å²) in [5.41, 5.74) is 5.40. The summed E-state index contributed by atoms with van der Waals surface area (Å²) in [6, 6.07) is 0. The first kappa shape index (κ1) is 22.3.